The highest BCUT2D eigenvalue weighted by atomic mass is 16.1. The topological polar surface area (TPSA) is 17.1 Å². The second-order valence-electron chi connectivity index (χ2n) is 4.62. The summed E-state index contributed by atoms with van der Waals surface area (Å²) >= 11 is 0. The lowest BCUT2D eigenvalue weighted by Crippen LogP contribution is -2.19. The molecule has 0 saturated carbocycles. The van der Waals surface area contributed by atoms with Crippen molar-refractivity contribution < 1.29 is 4.79 Å². The summed E-state index contributed by atoms with van der Waals surface area (Å²) in [5.41, 5.74) is 1.20. The maximum Gasteiger partial charge on any atom is 0.138 e. The van der Waals surface area contributed by atoms with Crippen molar-refractivity contribution in [3.63, 3.8) is 0 Å². The number of allylic oxidation sites excluding steroid dienone is 2. The number of carbonyl (C=O) groups is 1. The fourth-order valence-electron chi connectivity index (χ4n) is 0.969. The van der Waals surface area contributed by atoms with Crippen LogP contribution in [0.1, 0.15) is 53.9 Å². The number of carbonyl (C=O) groups excluding carboxylic acids is 1. The van der Waals surface area contributed by atoms with Crippen molar-refractivity contribution in [2.24, 2.45) is 5.41 Å². The van der Waals surface area contributed by atoms with Gasteiger partial charge in [-0.15, -0.1) is 0 Å². The molecule has 0 atom stereocenters. The quantitative estimate of drug-likeness (QED) is 0.605. The van der Waals surface area contributed by atoms with Gasteiger partial charge in [0, 0.05) is 11.8 Å². The standard InChI is InChI=1S/C12H22O/c1-6-10(2)8-7-9-11(13)12(3,4)5/h8H,6-7,9H2,1-5H3/b10-8+. The molecule has 0 aromatic carbocycles. The summed E-state index contributed by atoms with van der Waals surface area (Å²) in [5.74, 6) is 0.354. The summed E-state index contributed by atoms with van der Waals surface area (Å²) in [7, 11) is 0. The van der Waals surface area contributed by atoms with Crippen LogP contribution in [0.5, 0.6) is 0 Å². The van der Waals surface area contributed by atoms with Crippen LogP contribution in [0.25, 0.3) is 0 Å². The van der Waals surface area contributed by atoms with Crippen molar-refractivity contribution in [3.05, 3.63) is 11.6 Å². The van der Waals surface area contributed by atoms with Crippen molar-refractivity contribution in [2.75, 3.05) is 0 Å². The van der Waals surface area contributed by atoms with E-state index in [0.717, 1.165) is 12.8 Å². The highest BCUT2D eigenvalue weighted by Gasteiger charge is 2.19. The minimum atomic E-state index is -0.173. The lowest BCUT2D eigenvalue weighted by molar-refractivity contribution is -0.126. The first-order chi connectivity index (χ1) is 5.88. The van der Waals surface area contributed by atoms with Crippen molar-refractivity contribution in [1.82, 2.24) is 0 Å². The Morgan fingerprint density at radius 3 is 2.23 bits per heavy atom. The van der Waals surface area contributed by atoms with Gasteiger partial charge in [0.05, 0.1) is 0 Å². The largest absolute Gasteiger partial charge is 0.299 e. The molecule has 1 nitrogen and oxygen atoms in total. The zero-order chi connectivity index (χ0) is 10.5. The van der Waals surface area contributed by atoms with Crippen LogP contribution >= 0.6 is 0 Å². The zero-order valence-corrected chi connectivity index (χ0v) is 9.61. The molecule has 0 aliphatic carbocycles. The molecule has 0 amide bonds. The fourth-order valence-corrected chi connectivity index (χ4v) is 0.969. The Morgan fingerprint density at radius 2 is 1.85 bits per heavy atom. The van der Waals surface area contributed by atoms with E-state index in [1.54, 1.807) is 0 Å². The van der Waals surface area contributed by atoms with Crippen LogP contribution in [0.3, 0.4) is 0 Å². The molecular formula is C12H22O. The molecule has 0 bridgehead atoms. The van der Waals surface area contributed by atoms with Gasteiger partial charge in [-0.3, -0.25) is 4.79 Å². The van der Waals surface area contributed by atoms with Gasteiger partial charge in [0.15, 0.2) is 0 Å². The Morgan fingerprint density at radius 1 is 1.31 bits per heavy atom. The van der Waals surface area contributed by atoms with E-state index in [1.165, 1.54) is 5.57 Å². The number of hydrogen-bond acceptors (Lipinski definition) is 1. The van der Waals surface area contributed by atoms with E-state index in [4.69, 9.17) is 0 Å². The molecule has 0 rings (SSSR count). The summed E-state index contributed by atoms with van der Waals surface area (Å²) < 4.78 is 0. The molecule has 1 heteroatoms. The molecule has 13 heavy (non-hydrogen) atoms. The Hall–Kier alpha value is -0.590. The van der Waals surface area contributed by atoms with E-state index < -0.39 is 0 Å². The zero-order valence-electron chi connectivity index (χ0n) is 9.61. The molecular weight excluding hydrogens is 160 g/mol. The molecule has 0 unspecified atom stereocenters. The van der Waals surface area contributed by atoms with Crippen LogP contribution in [0.15, 0.2) is 11.6 Å². The molecule has 0 aliphatic rings. The van der Waals surface area contributed by atoms with Crippen molar-refractivity contribution in [2.45, 2.75) is 53.9 Å². The molecule has 0 aliphatic heterocycles. The van der Waals surface area contributed by atoms with E-state index in [0.29, 0.717) is 12.2 Å². The molecule has 76 valence electrons. The summed E-state index contributed by atoms with van der Waals surface area (Å²) in [4.78, 5) is 11.5. The summed E-state index contributed by atoms with van der Waals surface area (Å²) in [6, 6.07) is 0. The van der Waals surface area contributed by atoms with E-state index in [1.807, 2.05) is 20.8 Å². The maximum absolute atomic E-state index is 11.5. The van der Waals surface area contributed by atoms with Gasteiger partial charge >= 0.3 is 0 Å². The highest BCUT2D eigenvalue weighted by Crippen LogP contribution is 2.18. The molecule has 0 spiro atoms. The maximum atomic E-state index is 11.5. The van der Waals surface area contributed by atoms with Gasteiger partial charge in [0.2, 0.25) is 0 Å². The average Bonchev–Trinajstić information content (AvgIpc) is 2.02. The molecule has 0 aromatic rings. The SMILES string of the molecule is CC/C(C)=C/CCC(=O)C(C)(C)C. The second-order valence-corrected chi connectivity index (χ2v) is 4.62. The molecule has 0 radical (unpaired) electrons. The van der Waals surface area contributed by atoms with Crippen molar-refractivity contribution >= 4 is 5.78 Å². The highest BCUT2D eigenvalue weighted by molar-refractivity contribution is 5.83. The van der Waals surface area contributed by atoms with Crippen molar-refractivity contribution in [1.29, 1.82) is 0 Å². The Kier molecular flexibility index (Phi) is 4.97. The van der Waals surface area contributed by atoms with E-state index in [9.17, 15) is 4.79 Å². The average molecular weight is 182 g/mol. The van der Waals surface area contributed by atoms with Gasteiger partial charge in [0.1, 0.15) is 5.78 Å². The molecule has 0 heterocycles. The van der Waals surface area contributed by atoms with E-state index >= 15 is 0 Å². The van der Waals surface area contributed by atoms with Gasteiger partial charge in [0.25, 0.3) is 0 Å². The van der Waals surface area contributed by atoms with Gasteiger partial charge in [-0.25, -0.2) is 0 Å². The smallest absolute Gasteiger partial charge is 0.138 e. The number of rotatable bonds is 4. The van der Waals surface area contributed by atoms with Crippen LogP contribution < -0.4 is 0 Å². The van der Waals surface area contributed by atoms with Gasteiger partial charge in [-0.1, -0.05) is 39.3 Å². The molecule has 0 fully saturated rings. The van der Waals surface area contributed by atoms with E-state index in [2.05, 4.69) is 19.9 Å². The molecule has 0 N–H and O–H groups in total. The summed E-state index contributed by atoms with van der Waals surface area (Å²) in [6.45, 7) is 10.2. The number of ketones is 1. The summed E-state index contributed by atoms with van der Waals surface area (Å²) in [5, 5.41) is 0. The van der Waals surface area contributed by atoms with Gasteiger partial charge < -0.3 is 0 Å². The lowest BCUT2D eigenvalue weighted by atomic mass is 9.88. The fraction of sp³-hybridized carbons (Fsp3) is 0.750. The predicted octanol–water partition coefficient (Wildman–Crippen LogP) is 3.74. The first kappa shape index (κ1) is 12.4. The van der Waals surface area contributed by atoms with Crippen molar-refractivity contribution in [3.8, 4) is 0 Å². The third kappa shape index (κ3) is 5.62. The van der Waals surface area contributed by atoms with Crippen LogP contribution in [0.2, 0.25) is 0 Å². The number of Topliss-reactive ketones (excluding diaryl/α,β-unsaturated/α-hetero) is 1. The summed E-state index contributed by atoms with van der Waals surface area (Å²) in [6.07, 6.45) is 4.84. The Bertz CT molecular complexity index is 194. The van der Waals surface area contributed by atoms with Gasteiger partial charge in [-0.05, 0) is 19.8 Å². The normalized spacial score (nSPS) is 13.2. The van der Waals surface area contributed by atoms with Crippen LogP contribution in [-0.2, 0) is 4.79 Å². The first-order valence-electron chi connectivity index (χ1n) is 5.07. The Balaban J connectivity index is 3.85. The van der Waals surface area contributed by atoms with Crippen LogP contribution in [0.4, 0.5) is 0 Å². The number of hydrogen-bond donors (Lipinski definition) is 0. The predicted molar refractivity (Wildman–Crippen MR) is 57.7 cm³/mol. The minimum Gasteiger partial charge on any atom is -0.299 e. The molecule has 0 saturated heterocycles. The molecule has 0 aromatic heterocycles. The second kappa shape index (κ2) is 5.21. The first-order valence-corrected chi connectivity index (χ1v) is 5.07. The lowest BCUT2D eigenvalue weighted by Gasteiger charge is -2.15. The van der Waals surface area contributed by atoms with Crippen LogP contribution in [0, 0.1) is 5.41 Å². The third-order valence-electron chi connectivity index (χ3n) is 2.26. The van der Waals surface area contributed by atoms with E-state index in [-0.39, 0.29) is 5.41 Å². The van der Waals surface area contributed by atoms with Gasteiger partial charge in [-0.2, -0.15) is 0 Å². The Labute approximate surface area is 82.2 Å². The monoisotopic (exact) mass is 182 g/mol. The van der Waals surface area contributed by atoms with Crippen LogP contribution in [-0.4, -0.2) is 5.78 Å². The minimum absolute atomic E-state index is 0.173. The third-order valence-corrected chi connectivity index (χ3v) is 2.26.